The number of carbonyl (C=O) groups is 1. The van der Waals surface area contributed by atoms with Gasteiger partial charge in [-0.3, -0.25) is 9.78 Å². The molecule has 0 radical (unpaired) electrons. The number of pyridine rings is 1. The minimum Gasteiger partial charge on any atom is -0.497 e. The summed E-state index contributed by atoms with van der Waals surface area (Å²) in [5.74, 6) is 1.10. The molecule has 1 aromatic carbocycles. The molecule has 5 heteroatoms. The zero-order valence-corrected chi connectivity index (χ0v) is 14.7. The third kappa shape index (κ3) is 3.92. The van der Waals surface area contributed by atoms with Gasteiger partial charge in [0.2, 0.25) is 0 Å². The Bertz CT molecular complexity index is 727. The average molecular weight is 340 g/mol. The standard InChI is InChI=1S/C20H24N2O3/c1-3-12-25-17-13-15(24-2)7-8-16(17)19(23)22-14-20(9-10-20)18-6-4-5-11-21-18/h4-8,11,13H,3,9-10,12,14H2,1-2H3,(H,22,23). The Morgan fingerprint density at radius 1 is 1.28 bits per heavy atom. The number of amides is 1. The van der Waals surface area contributed by atoms with Crippen molar-refractivity contribution < 1.29 is 14.3 Å². The molecule has 1 saturated carbocycles. The number of rotatable bonds is 8. The predicted molar refractivity (Wildman–Crippen MR) is 96.3 cm³/mol. The second kappa shape index (κ2) is 7.55. The predicted octanol–water partition coefficient (Wildman–Crippen LogP) is 3.34. The Morgan fingerprint density at radius 3 is 2.76 bits per heavy atom. The van der Waals surface area contributed by atoms with Gasteiger partial charge in [0, 0.05) is 29.9 Å². The van der Waals surface area contributed by atoms with E-state index in [4.69, 9.17) is 9.47 Å². The van der Waals surface area contributed by atoms with Crippen LogP contribution in [0.25, 0.3) is 0 Å². The number of carbonyl (C=O) groups excluding carboxylic acids is 1. The first-order valence-electron chi connectivity index (χ1n) is 8.69. The number of benzene rings is 1. The number of methoxy groups -OCH3 is 1. The van der Waals surface area contributed by atoms with Crippen LogP contribution in [0.3, 0.4) is 0 Å². The normalized spacial score (nSPS) is 14.6. The van der Waals surface area contributed by atoms with Gasteiger partial charge < -0.3 is 14.8 Å². The lowest BCUT2D eigenvalue weighted by Crippen LogP contribution is -2.33. The van der Waals surface area contributed by atoms with E-state index in [1.807, 2.05) is 25.1 Å². The van der Waals surface area contributed by atoms with E-state index < -0.39 is 0 Å². The van der Waals surface area contributed by atoms with Crippen LogP contribution in [0.2, 0.25) is 0 Å². The molecule has 132 valence electrons. The minimum atomic E-state index is -0.129. The maximum Gasteiger partial charge on any atom is 0.255 e. The van der Waals surface area contributed by atoms with E-state index in [1.54, 1.807) is 31.5 Å². The number of nitrogens with zero attached hydrogens (tertiary/aromatic N) is 1. The first kappa shape index (κ1) is 17.3. The highest BCUT2D eigenvalue weighted by Gasteiger charge is 2.45. The molecule has 2 aromatic rings. The molecule has 1 aliphatic carbocycles. The van der Waals surface area contributed by atoms with Gasteiger partial charge in [-0.1, -0.05) is 13.0 Å². The van der Waals surface area contributed by atoms with Crippen molar-refractivity contribution in [2.24, 2.45) is 0 Å². The van der Waals surface area contributed by atoms with Crippen LogP contribution in [-0.4, -0.2) is 31.2 Å². The minimum absolute atomic E-state index is 0.0200. The fourth-order valence-electron chi connectivity index (χ4n) is 2.84. The molecule has 0 spiro atoms. The van der Waals surface area contributed by atoms with Gasteiger partial charge in [0.25, 0.3) is 5.91 Å². The highest BCUT2D eigenvalue weighted by molar-refractivity contribution is 5.97. The van der Waals surface area contributed by atoms with Crippen LogP contribution < -0.4 is 14.8 Å². The van der Waals surface area contributed by atoms with Crippen LogP contribution in [0.15, 0.2) is 42.6 Å². The monoisotopic (exact) mass is 340 g/mol. The van der Waals surface area contributed by atoms with Crippen molar-refractivity contribution in [2.75, 3.05) is 20.3 Å². The van der Waals surface area contributed by atoms with Crippen molar-refractivity contribution in [3.8, 4) is 11.5 Å². The van der Waals surface area contributed by atoms with Crippen molar-refractivity contribution in [1.82, 2.24) is 10.3 Å². The topological polar surface area (TPSA) is 60.5 Å². The van der Waals surface area contributed by atoms with Gasteiger partial charge in [-0.2, -0.15) is 0 Å². The molecule has 1 amide bonds. The zero-order chi connectivity index (χ0) is 17.7. The van der Waals surface area contributed by atoms with Crippen LogP contribution in [0.1, 0.15) is 42.2 Å². The van der Waals surface area contributed by atoms with Crippen molar-refractivity contribution >= 4 is 5.91 Å². The second-order valence-electron chi connectivity index (χ2n) is 6.39. The Hall–Kier alpha value is -2.56. The van der Waals surface area contributed by atoms with Crippen LogP contribution in [0.4, 0.5) is 0 Å². The highest BCUT2D eigenvalue weighted by atomic mass is 16.5. The smallest absolute Gasteiger partial charge is 0.255 e. The lowest BCUT2D eigenvalue weighted by Gasteiger charge is -2.17. The largest absolute Gasteiger partial charge is 0.497 e. The van der Waals surface area contributed by atoms with Gasteiger partial charge in [0.05, 0.1) is 19.3 Å². The molecule has 5 nitrogen and oxygen atoms in total. The van der Waals surface area contributed by atoms with E-state index in [0.29, 0.717) is 30.2 Å². The van der Waals surface area contributed by atoms with Crippen molar-refractivity contribution in [3.63, 3.8) is 0 Å². The summed E-state index contributed by atoms with van der Waals surface area (Å²) in [4.78, 5) is 17.1. The van der Waals surface area contributed by atoms with E-state index >= 15 is 0 Å². The van der Waals surface area contributed by atoms with Gasteiger partial charge in [0.15, 0.2) is 0 Å². The Morgan fingerprint density at radius 2 is 2.12 bits per heavy atom. The third-order valence-corrected chi connectivity index (χ3v) is 4.54. The summed E-state index contributed by atoms with van der Waals surface area (Å²) in [5, 5.41) is 3.05. The van der Waals surface area contributed by atoms with Gasteiger partial charge in [-0.25, -0.2) is 0 Å². The summed E-state index contributed by atoms with van der Waals surface area (Å²) in [6.45, 7) is 3.18. The Labute approximate surface area is 148 Å². The Balaban J connectivity index is 1.71. The van der Waals surface area contributed by atoms with Crippen LogP contribution in [0, 0.1) is 0 Å². The molecule has 0 aliphatic heterocycles. The van der Waals surface area contributed by atoms with E-state index in [-0.39, 0.29) is 11.3 Å². The fourth-order valence-corrected chi connectivity index (χ4v) is 2.84. The van der Waals surface area contributed by atoms with Crippen molar-refractivity contribution in [1.29, 1.82) is 0 Å². The van der Waals surface area contributed by atoms with Gasteiger partial charge in [-0.15, -0.1) is 0 Å². The molecule has 1 fully saturated rings. The molecular formula is C20H24N2O3. The van der Waals surface area contributed by atoms with Crippen LogP contribution in [0.5, 0.6) is 11.5 Å². The number of nitrogens with one attached hydrogen (secondary N) is 1. The summed E-state index contributed by atoms with van der Waals surface area (Å²) in [5.41, 5.74) is 1.56. The molecule has 1 aliphatic rings. The summed E-state index contributed by atoms with van der Waals surface area (Å²) in [6.07, 6.45) is 4.77. The third-order valence-electron chi connectivity index (χ3n) is 4.54. The number of ether oxygens (including phenoxy) is 2. The zero-order valence-electron chi connectivity index (χ0n) is 14.7. The first-order chi connectivity index (χ1) is 12.2. The van der Waals surface area contributed by atoms with E-state index in [0.717, 1.165) is 25.0 Å². The number of hydrogen-bond donors (Lipinski definition) is 1. The molecule has 0 atom stereocenters. The molecule has 3 rings (SSSR count). The summed E-state index contributed by atoms with van der Waals surface area (Å²) in [7, 11) is 1.60. The van der Waals surface area contributed by atoms with E-state index in [1.165, 1.54) is 0 Å². The van der Waals surface area contributed by atoms with Crippen molar-refractivity contribution in [2.45, 2.75) is 31.6 Å². The van der Waals surface area contributed by atoms with Crippen LogP contribution >= 0.6 is 0 Å². The van der Waals surface area contributed by atoms with E-state index in [2.05, 4.69) is 10.3 Å². The number of aromatic nitrogens is 1. The molecular weight excluding hydrogens is 316 g/mol. The van der Waals surface area contributed by atoms with Crippen LogP contribution in [-0.2, 0) is 5.41 Å². The average Bonchev–Trinajstić information content (AvgIpc) is 3.46. The highest BCUT2D eigenvalue weighted by Crippen LogP contribution is 2.46. The quantitative estimate of drug-likeness (QED) is 0.801. The second-order valence-corrected chi connectivity index (χ2v) is 6.39. The SMILES string of the molecule is CCCOc1cc(OC)ccc1C(=O)NCC1(c2ccccn2)CC1. The molecule has 1 aromatic heterocycles. The van der Waals surface area contributed by atoms with E-state index in [9.17, 15) is 4.79 Å². The van der Waals surface area contributed by atoms with Crippen molar-refractivity contribution in [3.05, 3.63) is 53.9 Å². The summed E-state index contributed by atoms with van der Waals surface area (Å²) < 4.78 is 11.0. The first-order valence-corrected chi connectivity index (χ1v) is 8.69. The summed E-state index contributed by atoms with van der Waals surface area (Å²) in [6, 6.07) is 11.2. The number of hydrogen-bond acceptors (Lipinski definition) is 4. The Kier molecular flexibility index (Phi) is 5.22. The maximum atomic E-state index is 12.7. The molecule has 0 bridgehead atoms. The summed E-state index contributed by atoms with van der Waals surface area (Å²) >= 11 is 0. The molecule has 1 heterocycles. The van der Waals surface area contributed by atoms with Gasteiger partial charge in [-0.05, 0) is 43.5 Å². The lowest BCUT2D eigenvalue weighted by atomic mass is 10.0. The van der Waals surface area contributed by atoms with Gasteiger partial charge in [0.1, 0.15) is 11.5 Å². The molecule has 0 unspecified atom stereocenters. The fraction of sp³-hybridized carbons (Fsp3) is 0.400. The lowest BCUT2D eigenvalue weighted by molar-refractivity contribution is 0.0945. The molecule has 1 N–H and O–H groups in total. The molecule has 25 heavy (non-hydrogen) atoms. The van der Waals surface area contributed by atoms with Gasteiger partial charge >= 0.3 is 0 Å². The maximum absolute atomic E-state index is 12.7. The molecule has 0 saturated heterocycles.